The highest BCUT2D eigenvalue weighted by Crippen LogP contribution is 2.35. The van der Waals surface area contributed by atoms with E-state index >= 15 is 0 Å². The van der Waals surface area contributed by atoms with E-state index in [0.717, 1.165) is 25.7 Å². The molecule has 0 bridgehead atoms. The molecule has 0 aromatic carbocycles. The highest BCUT2D eigenvalue weighted by atomic mass is 19.4. The molecule has 1 saturated carbocycles. The van der Waals surface area contributed by atoms with Gasteiger partial charge in [0.25, 0.3) is 0 Å². The van der Waals surface area contributed by atoms with Crippen molar-refractivity contribution >= 4 is 0 Å². The smallest absolute Gasteiger partial charge is 0.391 e. The predicted octanol–water partition coefficient (Wildman–Crippen LogP) is 2.56. The van der Waals surface area contributed by atoms with E-state index < -0.39 is 12.1 Å². The lowest BCUT2D eigenvalue weighted by molar-refractivity contribution is -0.186. The molecule has 2 fully saturated rings. The Kier molecular flexibility index (Phi) is 3.98. The average molecular weight is 251 g/mol. The van der Waals surface area contributed by atoms with Gasteiger partial charge < -0.3 is 10.0 Å². The first-order valence-electron chi connectivity index (χ1n) is 6.45. The van der Waals surface area contributed by atoms with Gasteiger partial charge in [-0.25, -0.2) is 0 Å². The molecule has 1 heterocycles. The minimum atomic E-state index is -4.03. The summed E-state index contributed by atoms with van der Waals surface area (Å²) in [5.74, 6) is -1.12. The zero-order valence-corrected chi connectivity index (χ0v) is 9.92. The summed E-state index contributed by atoms with van der Waals surface area (Å²) in [4.78, 5) is 2.14. The number of rotatable bonds is 1. The molecule has 0 aromatic rings. The van der Waals surface area contributed by atoms with E-state index in [9.17, 15) is 18.3 Å². The van der Waals surface area contributed by atoms with E-state index in [0.29, 0.717) is 19.1 Å². The Hall–Kier alpha value is -0.290. The van der Waals surface area contributed by atoms with Gasteiger partial charge in [0.05, 0.1) is 12.0 Å². The number of aliphatic hydroxyl groups excluding tert-OH is 1. The number of nitrogens with zero attached hydrogens (tertiary/aromatic N) is 1. The van der Waals surface area contributed by atoms with Crippen molar-refractivity contribution in [3.63, 3.8) is 0 Å². The number of piperidine rings is 1. The molecule has 100 valence electrons. The van der Waals surface area contributed by atoms with Crippen molar-refractivity contribution in [2.24, 2.45) is 5.92 Å². The Balaban J connectivity index is 1.82. The summed E-state index contributed by atoms with van der Waals surface area (Å²) in [7, 11) is 0. The lowest BCUT2D eigenvalue weighted by Gasteiger charge is -2.40. The number of alkyl halides is 3. The van der Waals surface area contributed by atoms with Crippen molar-refractivity contribution < 1.29 is 18.3 Å². The summed E-state index contributed by atoms with van der Waals surface area (Å²) in [6.07, 6.45) is -0.260. The Morgan fingerprint density at radius 2 is 1.65 bits per heavy atom. The summed E-state index contributed by atoms with van der Waals surface area (Å²) in [6, 6.07) is 0.299. The molecule has 0 spiro atoms. The van der Waals surface area contributed by atoms with E-state index in [1.165, 1.54) is 0 Å². The molecule has 2 aliphatic rings. The van der Waals surface area contributed by atoms with Crippen LogP contribution < -0.4 is 0 Å². The van der Waals surface area contributed by atoms with Gasteiger partial charge in [-0.1, -0.05) is 0 Å². The molecule has 0 radical (unpaired) electrons. The summed E-state index contributed by atoms with van der Waals surface area (Å²) < 4.78 is 37.5. The van der Waals surface area contributed by atoms with Crippen molar-refractivity contribution in [2.45, 2.75) is 56.8 Å². The van der Waals surface area contributed by atoms with E-state index in [4.69, 9.17) is 0 Å². The fraction of sp³-hybridized carbons (Fsp3) is 1.00. The second kappa shape index (κ2) is 5.14. The van der Waals surface area contributed by atoms with Crippen LogP contribution >= 0.6 is 0 Å². The van der Waals surface area contributed by atoms with Crippen LogP contribution in [-0.4, -0.2) is 41.4 Å². The first kappa shape index (κ1) is 13.1. The SMILES string of the molecule is OC1CCCC(N2CCC(C(F)(F)F)CC2)C1. The molecule has 2 unspecified atom stereocenters. The first-order valence-corrected chi connectivity index (χ1v) is 6.45. The molecule has 1 aliphatic carbocycles. The van der Waals surface area contributed by atoms with Gasteiger partial charge in [0.15, 0.2) is 0 Å². The molecule has 17 heavy (non-hydrogen) atoms. The van der Waals surface area contributed by atoms with Gasteiger partial charge in [-0.15, -0.1) is 0 Å². The van der Waals surface area contributed by atoms with Crippen molar-refractivity contribution in [3.8, 4) is 0 Å². The number of likely N-dealkylation sites (tertiary alicyclic amines) is 1. The highest BCUT2D eigenvalue weighted by molar-refractivity contribution is 4.85. The van der Waals surface area contributed by atoms with Crippen molar-refractivity contribution in [3.05, 3.63) is 0 Å². The largest absolute Gasteiger partial charge is 0.393 e. The van der Waals surface area contributed by atoms with E-state index in [1.54, 1.807) is 0 Å². The Bertz CT molecular complexity index is 249. The molecular formula is C12H20F3NO. The summed E-state index contributed by atoms with van der Waals surface area (Å²) in [6.45, 7) is 1.06. The van der Waals surface area contributed by atoms with E-state index in [2.05, 4.69) is 4.90 Å². The molecular weight excluding hydrogens is 231 g/mol. The molecule has 0 aromatic heterocycles. The van der Waals surface area contributed by atoms with Crippen LogP contribution in [0.2, 0.25) is 0 Å². The molecule has 1 aliphatic heterocycles. The average Bonchev–Trinajstić information content (AvgIpc) is 2.28. The van der Waals surface area contributed by atoms with Crippen LogP contribution in [0.5, 0.6) is 0 Å². The van der Waals surface area contributed by atoms with Crippen molar-refractivity contribution in [1.82, 2.24) is 4.90 Å². The van der Waals surface area contributed by atoms with Crippen LogP contribution in [0.3, 0.4) is 0 Å². The third-order valence-corrected chi connectivity index (χ3v) is 4.13. The maximum absolute atomic E-state index is 12.5. The molecule has 2 rings (SSSR count). The second-order valence-corrected chi connectivity index (χ2v) is 5.33. The third kappa shape index (κ3) is 3.35. The van der Waals surface area contributed by atoms with E-state index in [-0.39, 0.29) is 18.9 Å². The van der Waals surface area contributed by atoms with Crippen LogP contribution in [0.1, 0.15) is 38.5 Å². The topological polar surface area (TPSA) is 23.5 Å². The Morgan fingerprint density at radius 3 is 2.18 bits per heavy atom. The van der Waals surface area contributed by atoms with Crippen LogP contribution in [0.25, 0.3) is 0 Å². The van der Waals surface area contributed by atoms with Crippen LogP contribution in [0.15, 0.2) is 0 Å². The number of aliphatic hydroxyl groups is 1. The minimum Gasteiger partial charge on any atom is -0.393 e. The van der Waals surface area contributed by atoms with Gasteiger partial charge in [0.1, 0.15) is 0 Å². The number of hydrogen-bond acceptors (Lipinski definition) is 2. The normalized spacial score (nSPS) is 33.9. The quantitative estimate of drug-likeness (QED) is 0.774. The van der Waals surface area contributed by atoms with Gasteiger partial charge in [0.2, 0.25) is 0 Å². The summed E-state index contributed by atoms with van der Waals surface area (Å²) in [5, 5.41) is 9.58. The van der Waals surface area contributed by atoms with Gasteiger partial charge in [0, 0.05) is 6.04 Å². The fourth-order valence-electron chi connectivity index (χ4n) is 3.06. The zero-order valence-electron chi connectivity index (χ0n) is 9.92. The maximum atomic E-state index is 12.5. The summed E-state index contributed by atoms with van der Waals surface area (Å²) >= 11 is 0. The van der Waals surface area contributed by atoms with Gasteiger partial charge in [-0.2, -0.15) is 13.2 Å². The maximum Gasteiger partial charge on any atom is 0.391 e. The standard InChI is InChI=1S/C12H20F3NO/c13-12(14,15)9-4-6-16(7-5-9)10-2-1-3-11(17)8-10/h9-11,17H,1-8H2. The number of hydrogen-bond donors (Lipinski definition) is 1. The first-order chi connectivity index (χ1) is 7.97. The number of halogens is 3. The molecule has 2 nitrogen and oxygen atoms in total. The zero-order chi connectivity index (χ0) is 12.5. The third-order valence-electron chi connectivity index (χ3n) is 4.13. The fourth-order valence-corrected chi connectivity index (χ4v) is 3.06. The lowest BCUT2D eigenvalue weighted by atomic mass is 9.88. The van der Waals surface area contributed by atoms with E-state index in [1.807, 2.05) is 0 Å². The molecule has 1 saturated heterocycles. The summed E-state index contributed by atoms with van der Waals surface area (Å²) in [5.41, 5.74) is 0. The highest BCUT2D eigenvalue weighted by Gasteiger charge is 2.42. The van der Waals surface area contributed by atoms with Crippen LogP contribution in [0, 0.1) is 5.92 Å². The van der Waals surface area contributed by atoms with Crippen LogP contribution in [0.4, 0.5) is 13.2 Å². The Labute approximate surface area is 99.8 Å². The van der Waals surface area contributed by atoms with Gasteiger partial charge >= 0.3 is 6.18 Å². The van der Waals surface area contributed by atoms with Crippen molar-refractivity contribution in [2.75, 3.05) is 13.1 Å². The predicted molar refractivity (Wildman–Crippen MR) is 58.6 cm³/mol. The van der Waals surface area contributed by atoms with Crippen molar-refractivity contribution in [1.29, 1.82) is 0 Å². The second-order valence-electron chi connectivity index (χ2n) is 5.33. The molecule has 5 heteroatoms. The van der Waals surface area contributed by atoms with Crippen LogP contribution in [-0.2, 0) is 0 Å². The minimum absolute atomic E-state index is 0.218. The molecule has 1 N–H and O–H groups in total. The van der Waals surface area contributed by atoms with Gasteiger partial charge in [-0.05, 0) is 51.6 Å². The lowest BCUT2D eigenvalue weighted by Crippen LogP contribution is -2.46. The molecule has 2 atom stereocenters. The Morgan fingerprint density at radius 1 is 1.00 bits per heavy atom. The molecule has 0 amide bonds. The monoisotopic (exact) mass is 251 g/mol. The van der Waals surface area contributed by atoms with Gasteiger partial charge in [-0.3, -0.25) is 0 Å².